The number of aryl methyl sites for hydroxylation is 1. The molecular weight excluding hydrogens is 384 g/mol. The van der Waals surface area contributed by atoms with E-state index in [1.165, 1.54) is 4.88 Å². The third-order valence-electron chi connectivity index (χ3n) is 4.23. The number of aromatic nitrogens is 1. The molecule has 0 fully saturated rings. The summed E-state index contributed by atoms with van der Waals surface area (Å²) in [5, 5.41) is 5.43. The van der Waals surface area contributed by atoms with Crippen LogP contribution in [0.5, 0.6) is 0 Å². The molecule has 6 heteroatoms. The molecule has 2 heterocycles. The maximum absolute atomic E-state index is 12.6. The number of rotatable bonds is 3. The van der Waals surface area contributed by atoms with Crippen LogP contribution in [0.3, 0.4) is 0 Å². The van der Waals surface area contributed by atoms with E-state index in [0.29, 0.717) is 10.6 Å². The standard InChI is InChI=1S/C20H15ClN2OS2/c1-11-12(2)25-20(23-18(24)13-7-9-14(21)10-8-13)17(11)19-22-15-5-3-4-6-16(15)26-19/h3-10H,1-2H3,(H,23,24). The number of para-hydroxylation sites is 1. The second-order valence-electron chi connectivity index (χ2n) is 5.94. The lowest BCUT2D eigenvalue weighted by Crippen LogP contribution is -2.11. The van der Waals surface area contributed by atoms with Crippen molar-refractivity contribution < 1.29 is 4.79 Å². The highest BCUT2D eigenvalue weighted by Gasteiger charge is 2.20. The highest BCUT2D eigenvalue weighted by molar-refractivity contribution is 7.22. The van der Waals surface area contributed by atoms with E-state index in [2.05, 4.69) is 25.2 Å². The first kappa shape index (κ1) is 17.2. The Hall–Kier alpha value is -2.21. The summed E-state index contributed by atoms with van der Waals surface area (Å²) in [4.78, 5) is 18.6. The number of hydrogen-bond acceptors (Lipinski definition) is 4. The van der Waals surface area contributed by atoms with Crippen LogP contribution >= 0.6 is 34.3 Å². The van der Waals surface area contributed by atoms with Gasteiger partial charge < -0.3 is 5.32 Å². The lowest BCUT2D eigenvalue weighted by Gasteiger charge is -2.06. The van der Waals surface area contributed by atoms with Gasteiger partial charge in [-0.3, -0.25) is 4.79 Å². The van der Waals surface area contributed by atoms with Crippen LogP contribution in [0.1, 0.15) is 20.8 Å². The second-order valence-corrected chi connectivity index (χ2v) is 8.63. The molecular formula is C20H15ClN2OS2. The topological polar surface area (TPSA) is 42.0 Å². The Balaban J connectivity index is 1.74. The van der Waals surface area contributed by atoms with E-state index in [0.717, 1.165) is 31.4 Å². The zero-order valence-corrected chi connectivity index (χ0v) is 16.6. The average molecular weight is 399 g/mol. The van der Waals surface area contributed by atoms with Crippen molar-refractivity contribution in [3.05, 3.63) is 69.6 Å². The van der Waals surface area contributed by atoms with Crippen LogP contribution in [0, 0.1) is 13.8 Å². The zero-order chi connectivity index (χ0) is 18.3. The van der Waals surface area contributed by atoms with Gasteiger partial charge in [-0.05, 0) is 55.8 Å². The van der Waals surface area contributed by atoms with Gasteiger partial charge in [0.2, 0.25) is 0 Å². The fourth-order valence-corrected chi connectivity index (χ4v) is 5.05. The van der Waals surface area contributed by atoms with E-state index >= 15 is 0 Å². The summed E-state index contributed by atoms with van der Waals surface area (Å²) >= 11 is 9.13. The molecule has 0 unspecified atom stereocenters. The Morgan fingerprint density at radius 3 is 2.50 bits per heavy atom. The maximum atomic E-state index is 12.6. The Bertz CT molecular complexity index is 1080. The molecule has 0 aliphatic rings. The summed E-state index contributed by atoms with van der Waals surface area (Å²) in [5.74, 6) is -0.148. The molecule has 0 spiro atoms. The minimum atomic E-state index is -0.148. The van der Waals surface area contributed by atoms with E-state index < -0.39 is 0 Å². The highest BCUT2D eigenvalue weighted by atomic mass is 35.5. The zero-order valence-electron chi connectivity index (χ0n) is 14.2. The molecule has 2 aromatic heterocycles. The maximum Gasteiger partial charge on any atom is 0.256 e. The smallest absolute Gasteiger partial charge is 0.256 e. The molecule has 3 nitrogen and oxygen atoms in total. The molecule has 0 bridgehead atoms. The van der Waals surface area contributed by atoms with E-state index in [-0.39, 0.29) is 5.91 Å². The van der Waals surface area contributed by atoms with E-state index in [1.807, 2.05) is 18.2 Å². The van der Waals surface area contributed by atoms with Gasteiger partial charge in [0.1, 0.15) is 10.0 Å². The van der Waals surface area contributed by atoms with E-state index in [9.17, 15) is 4.79 Å². The van der Waals surface area contributed by atoms with Gasteiger partial charge in [-0.2, -0.15) is 0 Å². The number of amides is 1. The molecule has 0 atom stereocenters. The molecule has 26 heavy (non-hydrogen) atoms. The predicted molar refractivity (Wildman–Crippen MR) is 112 cm³/mol. The van der Waals surface area contributed by atoms with Crippen LogP contribution in [-0.2, 0) is 0 Å². The molecule has 0 saturated heterocycles. The molecule has 1 amide bonds. The summed E-state index contributed by atoms with van der Waals surface area (Å²) < 4.78 is 1.14. The van der Waals surface area contributed by atoms with Crippen molar-refractivity contribution in [3.63, 3.8) is 0 Å². The van der Waals surface area contributed by atoms with Crippen LogP contribution in [0.4, 0.5) is 5.00 Å². The van der Waals surface area contributed by atoms with Crippen molar-refractivity contribution in [3.8, 4) is 10.6 Å². The molecule has 2 aromatic carbocycles. The molecule has 0 saturated carbocycles. The number of nitrogens with zero attached hydrogens (tertiary/aromatic N) is 1. The minimum absolute atomic E-state index is 0.148. The predicted octanol–water partition coefficient (Wildman–Crippen LogP) is 6.55. The number of nitrogens with one attached hydrogen (secondary N) is 1. The fraction of sp³-hybridized carbons (Fsp3) is 0.100. The quantitative estimate of drug-likeness (QED) is 0.425. The Labute approximate surface area is 164 Å². The lowest BCUT2D eigenvalue weighted by atomic mass is 10.1. The Kier molecular flexibility index (Phi) is 4.53. The van der Waals surface area contributed by atoms with Crippen molar-refractivity contribution in [2.24, 2.45) is 0 Å². The number of carbonyl (C=O) groups excluding carboxylic acids is 1. The van der Waals surface area contributed by atoms with Gasteiger partial charge in [0.05, 0.1) is 10.2 Å². The number of thiazole rings is 1. The van der Waals surface area contributed by atoms with Crippen molar-refractivity contribution in [2.75, 3.05) is 5.32 Å². The summed E-state index contributed by atoms with van der Waals surface area (Å²) in [6.45, 7) is 4.14. The highest BCUT2D eigenvalue weighted by Crippen LogP contribution is 2.43. The Morgan fingerprint density at radius 1 is 1.04 bits per heavy atom. The van der Waals surface area contributed by atoms with Crippen molar-refractivity contribution in [2.45, 2.75) is 13.8 Å². The number of hydrogen-bond donors (Lipinski definition) is 1. The average Bonchev–Trinajstić information content (AvgIpc) is 3.16. The Morgan fingerprint density at radius 2 is 1.77 bits per heavy atom. The summed E-state index contributed by atoms with van der Waals surface area (Å²) in [5.41, 5.74) is 3.72. The molecule has 4 rings (SSSR count). The summed E-state index contributed by atoms with van der Waals surface area (Å²) in [6.07, 6.45) is 0. The lowest BCUT2D eigenvalue weighted by molar-refractivity contribution is 0.102. The van der Waals surface area contributed by atoms with Gasteiger partial charge in [-0.1, -0.05) is 23.7 Å². The van der Waals surface area contributed by atoms with Crippen molar-refractivity contribution in [1.29, 1.82) is 0 Å². The number of anilines is 1. The van der Waals surface area contributed by atoms with Gasteiger partial charge in [-0.25, -0.2) is 4.98 Å². The third kappa shape index (κ3) is 3.14. The van der Waals surface area contributed by atoms with Crippen LogP contribution < -0.4 is 5.32 Å². The molecule has 0 aliphatic carbocycles. The van der Waals surface area contributed by atoms with Crippen LogP contribution in [0.2, 0.25) is 5.02 Å². The van der Waals surface area contributed by atoms with Gasteiger partial charge in [0, 0.05) is 21.0 Å². The van der Waals surface area contributed by atoms with Gasteiger partial charge in [0.25, 0.3) is 5.91 Å². The molecule has 1 N–H and O–H groups in total. The number of carbonyl (C=O) groups is 1. The number of halogens is 1. The monoisotopic (exact) mass is 398 g/mol. The second kappa shape index (κ2) is 6.83. The summed E-state index contributed by atoms with van der Waals surface area (Å²) in [6, 6.07) is 15.0. The van der Waals surface area contributed by atoms with Gasteiger partial charge in [0.15, 0.2) is 0 Å². The van der Waals surface area contributed by atoms with Crippen molar-refractivity contribution in [1.82, 2.24) is 4.98 Å². The van der Waals surface area contributed by atoms with Gasteiger partial charge >= 0.3 is 0 Å². The number of thiophene rings is 1. The molecule has 130 valence electrons. The largest absolute Gasteiger partial charge is 0.313 e. The first-order valence-electron chi connectivity index (χ1n) is 8.06. The van der Waals surface area contributed by atoms with Gasteiger partial charge in [-0.15, -0.1) is 22.7 Å². The molecule has 4 aromatic rings. The minimum Gasteiger partial charge on any atom is -0.313 e. The molecule has 0 radical (unpaired) electrons. The first-order valence-corrected chi connectivity index (χ1v) is 10.1. The van der Waals surface area contributed by atoms with E-state index in [4.69, 9.17) is 16.6 Å². The van der Waals surface area contributed by atoms with Crippen LogP contribution in [0.15, 0.2) is 48.5 Å². The van der Waals surface area contributed by atoms with Crippen molar-refractivity contribution >= 4 is 55.4 Å². The third-order valence-corrected chi connectivity index (χ3v) is 6.66. The number of fused-ring (bicyclic) bond motifs is 1. The molecule has 0 aliphatic heterocycles. The summed E-state index contributed by atoms with van der Waals surface area (Å²) in [7, 11) is 0. The van der Waals surface area contributed by atoms with E-state index in [1.54, 1.807) is 46.9 Å². The first-order chi connectivity index (χ1) is 12.5. The van der Waals surface area contributed by atoms with Crippen LogP contribution in [0.25, 0.3) is 20.8 Å². The number of benzene rings is 2. The fourth-order valence-electron chi connectivity index (χ4n) is 2.73. The normalized spacial score (nSPS) is 11.0. The SMILES string of the molecule is Cc1sc(NC(=O)c2ccc(Cl)cc2)c(-c2nc3ccccc3s2)c1C. The van der Waals surface area contributed by atoms with Crippen LogP contribution in [-0.4, -0.2) is 10.9 Å².